The van der Waals surface area contributed by atoms with Crippen LogP contribution in [0.25, 0.3) is 0 Å². The molecule has 0 saturated carbocycles. The standard InChI is InChI=1S/C19H17N5O2S2/c1-26-16-8-6-15(7-9-16)22-18-23-24-19(28-18)27-12-17(25)21-14-4-2-13(3-5-14)10-11-20/h2-9H,10,12H2,1H3,(H,21,25)(H,22,23). The van der Waals surface area contributed by atoms with Crippen molar-refractivity contribution in [1.29, 1.82) is 5.26 Å². The molecule has 0 aliphatic carbocycles. The molecule has 0 unspecified atom stereocenters. The van der Waals surface area contributed by atoms with Gasteiger partial charge in [0.15, 0.2) is 4.34 Å². The number of hydrogen-bond donors (Lipinski definition) is 2. The molecule has 0 bridgehead atoms. The van der Waals surface area contributed by atoms with Gasteiger partial charge in [-0.05, 0) is 42.0 Å². The third-order valence-electron chi connectivity index (χ3n) is 3.60. The molecule has 142 valence electrons. The maximum absolute atomic E-state index is 12.1. The second kappa shape index (κ2) is 9.73. The summed E-state index contributed by atoms with van der Waals surface area (Å²) >= 11 is 2.71. The van der Waals surface area contributed by atoms with Crippen molar-refractivity contribution in [1.82, 2.24) is 10.2 Å². The van der Waals surface area contributed by atoms with Crippen molar-refractivity contribution in [2.45, 2.75) is 10.8 Å². The number of nitrogens with one attached hydrogen (secondary N) is 2. The molecule has 1 heterocycles. The van der Waals surface area contributed by atoms with Crippen molar-refractivity contribution in [3.8, 4) is 11.8 Å². The molecule has 1 aromatic heterocycles. The Balaban J connectivity index is 1.48. The topological polar surface area (TPSA) is 99.9 Å². The summed E-state index contributed by atoms with van der Waals surface area (Å²) in [6.45, 7) is 0. The number of nitriles is 1. The minimum atomic E-state index is -0.127. The molecule has 0 saturated heterocycles. The summed E-state index contributed by atoms with van der Waals surface area (Å²) in [6, 6.07) is 16.8. The lowest BCUT2D eigenvalue weighted by molar-refractivity contribution is -0.113. The highest BCUT2D eigenvalue weighted by Gasteiger charge is 2.09. The second-order valence-corrected chi connectivity index (χ2v) is 7.80. The maximum atomic E-state index is 12.1. The third-order valence-corrected chi connectivity index (χ3v) is 5.57. The van der Waals surface area contributed by atoms with Crippen molar-refractivity contribution in [2.75, 3.05) is 23.5 Å². The van der Waals surface area contributed by atoms with Crippen LogP contribution in [0, 0.1) is 11.3 Å². The zero-order valence-electron chi connectivity index (χ0n) is 15.0. The van der Waals surface area contributed by atoms with Crippen molar-refractivity contribution in [2.24, 2.45) is 0 Å². The highest BCUT2D eigenvalue weighted by atomic mass is 32.2. The summed E-state index contributed by atoms with van der Waals surface area (Å²) in [5.74, 6) is 0.889. The second-order valence-electron chi connectivity index (χ2n) is 5.60. The molecule has 3 aromatic rings. The number of rotatable bonds is 8. The number of carbonyl (C=O) groups excluding carboxylic acids is 1. The van der Waals surface area contributed by atoms with Crippen LogP contribution in [0.2, 0.25) is 0 Å². The van der Waals surface area contributed by atoms with Crippen molar-refractivity contribution >= 4 is 45.5 Å². The van der Waals surface area contributed by atoms with Crippen molar-refractivity contribution < 1.29 is 9.53 Å². The fraction of sp³-hybridized carbons (Fsp3) is 0.158. The first kappa shape index (κ1) is 19.7. The van der Waals surface area contributed by atoms with Crippen LogP contribution in [0.3, 0.4) is 0 Å². The van der Waals surface area contributed by atoms with Crippen LogP contribution in [0.15, 0.2) is 52.9 Å². The molecule has 1 amide bonds. The number of carbonyl (C=O) groups is 1. The average Bonchev–Trinajstić information content (AvgIpc) is 3.16. The Morgan fingerprint density at radius 3 is 2.54 bits per heavy atom. The van der Waals surface area contributed by atoms with E-state index in [1.54, 1.807) is 19.2 Å². The molecule has 7 nitrogen and oxygen atoms in total. The molecule has 3 rings (SSSR count). The number of ether oxygens (including phenoxy) is 1. The predicted molar refractivity (Wildman–Crippen MR) is 111 cm³/mol. The van der Waals surface area contributed by atoms with Crippen LogP contribution in [0.1, 0.15) is 5.56 Å². The summed E-state index contributed by atoms with van der Waals surface area (Å²) in [5.41, 5.74) is 2.50. The van der Waals surface area contributed by atoms with Gasteiger partial charge in [-0.1, -0.05) is 35.2 Å². The van der Waals surface area contributed by atoms with Gasteiger partial charge in [-0.25, -0.2) is 0 Å². The van der Waals surface area contributed by atoms with Gasteiger partial charge < -0.3 is 15.4 Å². The Bertz CT molecular complexity index is 965. The number of nitrogens with zero attached hydrogens (tertiary/aromatic N) is 3. The van der Waals surface area contributed by atoms with E-state index in [4.69, 9.17) is 10.00 Å². The smallest absolute Gasteiger partial charge is 0.234 e. The molecule has 28 heavy (non-hydrogen) atoms. The molecule has 0 aliphatic rings. The van der Waals surface area contributed by atoms with Crippen molar-refractivity contribution in [3.05, 3.63) is 54.1 Å². The highest BCUT2D eigenvalue weighted by molar-refractivity contribution is 8.01. The van der Waals surface area contributed by atoms with Crippen molar-refractivity contribution in [3.63, 3.8) is 0 Å². The fourth-order valence-corrected chi connectivity index (χ4v) is 3.81. The Morgan fingerprint density at radius 2 is 1.86 bits per heavy atom. The molecule has 0 radical (unpaired) electrons. The molecule has 0 aliphatic heterocycles. The normalized spacial score (nSPS) is 10.1. The minimum absolute atomic E-state index is 0.127. The molecule has 0 spiro atoms. The molecular weight excluding hydrogens is 394 g/mol. The largest absolute Gasteiger partial charge is 0.497 e. The van der Waals surface area contributed by atoms with Crippen LogP contribution < -0.4 is 15.4 Å². The number of hydrogen-bond acceptors (Lipinski definition) is 8. The fourth-order valence-electron chi connectivity index (χ4n) is 2.24. The number of anilines is 3. The van der Waals surface area contributed by atoms with E-state index in [1.165, 1.54) is 23.1 Å². The van der Waals surface area contributed by atoms with E-state index >= 15 is 0 Å². The quantitative estimate of drug-likeness (QED) is 0.539. The van der Waals surface area contributed by atoms with Gasteiger partial charge in [-0.2, -0.15) is 5.26 Å². The Kier molecular flexibility index (Phi) is 6.84. The first-order chi connectivity index (χ1) is 13.7. The first-order valence-electron chi connectivity index (χ1n) is 8.29. The van der Waals surface area contributed by atoms with E-state index in [9.17, 15) is 4.79 Å². The Morgan fingerprint density at radius 1 is 1.14 bits per heavy atom. The monoisotopic (exact) mass is 411 g/mol. The highest BCUT2D eigenvalue weighted by Crippen LogP contribution is 2.28. The zero-order valence-corrected chi connectivity index (χ0v) is 16.6. The molecule has 2 aromatic carbocycles. The number of methoxy groups -OCH3 is 1. The van der Waals surface area contributed by atoms with Crippen LogP contribution >= 0.6 is 23.1 Å². The lowest BCUT2D eigenvalue weighted by Crippen LogP contribution is -2.13. The van der Waals surface area contributed by atoms with Gasteiger partial charge in [0, 0.05) is 11.4 Å². The van der Waals surface area contributed by atoms with E-state index in [-0.39, 0.29) is 11.7 Å². The van der Waals surface area contributed by atoms with Gasteiger partial charge >= 0.3 is 0 Å². The number of amides is 1. The predicted octanol–water partition coefficient (Wildman–Crippen LogP) is 4.09. The Labute approximate surface area is 170 Å². The molecule has 0 fully saturated rings. The van der Waals surface area contributed by atoms with Gasteiger partial charge in [-0.15, -0.1) is 10.2 Å². The lowest BCUT2D eigenvalue weighted by atomic mass is 10.1. The summed E-state index contributed by atoms with van der Waals surface area (Å²) in [7, 11) is 1.62. The third kappa shape index (κ3) is 5.70. The molecule has 0 atom stereocenters. The SMILES string of the molecule is COc1ccc(Nc2nnc(SCC(=O)Nc3ccc(CC#N)cc3)s2)cc1. The van der Waals surface area contributed by atoms with Crippen LogP contribution in [-0.4, -0.2) is 29.0 Å². The molecule has 2 N–H and O–H groups in total. The summed E-state index contributed by atoms with van der Waals surface area (Å²) in [6.07, 6.45) is 0.355. The van der Waals surface area contributed by atoms with E-state index in [0.717, 1.165) is 17.0 Å². The van der Waals surface area contributed by atoms with Gasteiger partial charge in [0.1, 0.15) is 5.75 Å². The Hall–Kier alpha value is -3.09. The maximum Gasteiger partial charge on any atom is 0.234 e. The summed E-state index contributed by atoms with van der Waals surface area (Å²) in [5, 5.41) is 23.5. The minimum Gasteiger partial charge on any atom is -0.497 e. The van der Waals surface area contributed by atoms with Crippen LogP contribution in [0.5, 0.6) is 5.75 Å². The zero-order chi connectivity index (χ0) is 19.8. The molecule has 9 heteroatoms. The average molecular weight is 412 g/mol. The summed E-state index contributed by atoms with van der Waals surface area (Å²) in [4.78, 5) is 12.1. The van der Waals surface area contributed by atoms with Crippen LogP contribution in [-0.2, 0) is 11.2 Å². The van der Waals surface area contributed by atoms with Gasteiger partial charge in [-0.3, -0.25) is 4.79 Å². The van der Waals surface area contributed by atoms with Gasteiger partial charge in [0.2, 0.25) is 11.0 Å². The van der Waals surface area contributed by atoms with E-state index < -0.39 is 0 Å². The molecular formula is C19H17N5O2S2. The van der Waals surface area contributed by atoms with Gasteiger partial charge in [0.25, 0.3) is 0 Å². The number of benzene rings is 2. The van der Waals surface area contributed by atoms with Gasteiger partial charge in [0.05, 0.1) is 25.4 Å². The lowest BCUT2D eigenvalue weighted by Gasteiger charge is -2.04. The van der Waals surface area contributed by atoms with E-state index in [0.29, 0.717) is 21.6 Å². The van der Waals surface area contributed by atoms with Crippen LogP contribution in [0.4, 0.5) is 16.5 Å². The summed E-state index contributed by atoms with van der Waals surface area (Å²) < 4.78 is 5.83. The number of thioether (sulfide) groups is 1. The van der Waals surface area contributed by atoms with E-state index in [2.05, 4.69) is 26.9 Å². The number of aromatic nitrogens is 2. The first-order valence-corrected chi connectivity index (χ1v) is 10.1. The van der Waals surface area contributed by atoms with E-state index in [1.807, 2.05) is 36.4 Å².